The predicted octanol–water partition coefficient (Wildman–Crippen LogP) is 1.87. The van der Waals surface area contributed by atoms with E-state index < -0.39 is 0 Å². The van der Waals surface area contributed by atoms with E-state index in [-0.39, 0.29) is 17.8 Å². The van der Waals surface area contributed by atoms with E-state index in [2.05, 4.69) is 0 Å². The van der Waals surface area contributed by atoms with E-state index in [0.717, 1.165) is 6.42 Å². The van der Waals surface area contributed by atoms with Crippen LogP contribution in [-0.4, -0.2) is 20.3 Å². The number of benzene rings is 1. The van der Waals surface area contributed by atoms with Crippen molar-refractivity contribution >= 4 is 0 Å². The summed E-state index contributed by atoms with van der Waals surface area (Å²) in [5.41, 5.74) is 6.54. The molecule has 2 N–H and O–H groups in total. The minimum absolute atomic E-state index is 0.172. The molecule has 4 heteroatoms. The van der Waals surface area contributed by atoms with E-state index in [9.17, 15) is 4.39 Å². The topological polar surface area (TPSA) is 44.5 Å². The van der Waals surface area contributed by atoms with Crippen LogP contribution in [0, 0.1) is 11.7 Å². The average molecular weight is 225 g/mol. The highest BCUT2D eigenvalue weighted by Gasteiger charge is 2.28. The fourth-order valence-corrected chi connectivity index (χ4v) is 2.09. The third-order valence-corrected chi connectivity index (χ3v) is 3.04. The highest BCUT2D eigenvalue weighted by molar-refractivity contribution is 5.37. The third-order valence-electron chi connectivity index (χ3n) is 3.04. The van der Waals surface area contributed by atoms with Crippen LogP contribution in [0.5, 0.6) is 5.75 Å². The summed E-state index contributed by atoms with van der Waals surface area (Å²) in [5.74, 6) is 0.379. The molecule has 1 heterocycles. The molecule has 16 heavy (non-hydrogen) atoms. The Morgan fingerprint density at radius 2 is 2.38 bits per heavy atom. The van der Waals surface area contributed by atoms with E-state index >= 15 is 0 Å². The first-order chi connectivity index (χ1) is 7.74. The van der Waals surface area contributed by atoms with E-state index in [4.69, 9.17) is 15.2 Å². The summed E-state index contributed by atoms with van der Waals surface area (Å²) >= 11 is 0. The molecule has 0 bridgehead atoms. The SMILES string of the molecule is COc1cccc(F)c1C(N)C1CCOC1. The molecule has 0 spiro atoms. The Hall–Kier alpha value is -1.13. The lowest BCUT2D eigenvalue weighted by molar-refractivity contribution is 0.180. The molecule has 3 nitrogen and oxygen atoms in total. The molecule has 0 amide bonds. The molecule has 1 aromatic rings. The standard InChI is InChI=1S/C12H16FNO2/c1-15-10-4-2-3-9(13)11(10)12(14)8-5-6-16-7-8/h2-4,8,12H,5-7,14H2,1H3. The van der Waals surface area contributed by atoms with Crippen LogP contribution in [0.2, 0.25) is 0 Å². The number of hydrogen-bond donors (Lipinski definition) is 1. The lowest BCUT2D eigenvalue weighted by Gasteiger charge is -2.20. The molecular formula is C12H16FNO2. The fraction of sp³-hybridized carbons (Fsp3) is 0.500. The van der Waals surface area contributed by atoms with Crippen molar-refractivity contribution in [2.75, 3.05) is 20.3 Å². The monoisotopic (exact) mass is 225 g/mol. The van der Waals surface area contributed by atoms with Gasteiger partial charge in [-0.1, -0.05) is 6.07 Å². The maximum atomic E-state index is 13.7. The lowest BCUT2D eigenvalue weighted by atomic mass is 9.92. The van der Waals surface area contributed by atoms with E-state index in [1.54, 1.807) is 12.1 Å². The summed E-state index contributed by atoms with van der Waals surface area (Å²) in [6, 6.07) is 4.40. The summed E-state index contributed by atoms with van der Waals surface area (Å²) in [7, 11) is 1.52. The second-order valence-corrected chi connectivity index (χ2v) is 4.01. The first-order valence-electron chi connectivity index (χ1n) is 5.39. The van der Waals surface area contributed by atoms with Crippen molar-refractivity contribution in [3.05, 3.63) is 29.6 Å². The zero-order valence-corrected chi connectivity index (χ0v) is 9.28. The molecule has 0 radical (unpaired) electrons. The quantitative estimate of drug-likeness (QED) is 0.854. The molecule has 0 saturated carbocycles. The maximum absolute atomic E-state index is 13.7. The third kappa shape index (κ3) is 2.03. The van der Waals surface area contributed by atoms with Crippen molar-refractivity contribution in [1.82, 2.24) is 0 Å². The highest BCUT2D eigenvalue weighted by Crippen LogP contribution is 2.33. The molecule has 1 aliphatic rings. The number of hydrogen-bond acceptors (Lipinski definition) is 3. The van der Waals surface area contributed by atoms with Crippen molar-refractivity contribution in [2.24, 2.45) is 11.7 Å². The van der Waals surface area contributed by atoms with Gasteiger partial charge in [0.15, 0.2) is 0 Å². The molecule has 0 aromatic heterocycles. The first kappa shape index (κ1) is 11.4. The second-order valence-electron chi connectivity index (χ2n) is 4.01. The number of halogens is 1. The number of rotatable bonds is 3. The van der Waals surface area contributed by atoms with Gasteiger partial charge in [-0.05, 0) is 18.6 Å². The van der Waals surface area contributed by atoms with Crippen molar-refractivity contribution < 1.29 is 13.9 Å². The van der Waals surface area contributed by atoms with Gasteiger partial charge in [0.25, 0.3) is 0 Å². The summed E-state index contributed by atoms with van der Waals surface area (Å²) in [6.07, 6.45) is 0.874. The predicted molar refractivity (Wildman–Crippen MR) is 58.8 cm³/mol. The lowest BCUT2D eigenvalue weighted by Crippen LogP contribution is -2.23. The zero-order valence-electron chi connectivity index (χ0n) is 9.28. The second kappa shape index (κ2) is 4.80. The van der Waals surface area contributed by atoms with Gasteiger partial charge in [0, 0.05) is 24.1 Å². The Balaban J connectivity index is 2.30. The summed E-state index contributed by atoms with van der Waals surface area (Å²) in [6.45, 7) is 1.30. The van der Waals surface area contributed by atoms with Crippen molar-refractivity contribution in [2.45, 2.75) is 12.5 Å². The molecule has 1 fully saturated rings. The minimum atomic E-state index is -0.362. The Kier molecular flexibility index (Phi) is 3.41. The van der Waals surface area contributed by atoms with Gasteiger partial charge < -0.3 is 15.2 Å². The molecule has 1 saturated heterocycles. The molecule has 1 aliphatic heterocycles. The summed E-state index contributed by atoms with van der Waals surface area (Å²) < 4.78 is 24.2. The zero-order chi connectivity index (χ0) is 11.5. The van der Waals surface area contributed by atoms with Gasteiger partial charge in [0.2, 0.25) is 0 Å². The smallest absolute Gasteiger partial charge is 0.131 e. The van der Waals surface area contributed by atoms with E-state index in [1.165, 1.54) is 13.2 Å². The number of ether oxygens (including phenoxy) is 2. The summed E-state index contributed by atoms with van der Waals surface area (Å²) in [5, 5.41) is 0. The van der Waals surface area contributed by atoms with E-state index in [1.807, 2.05) is 0 Å². The molecule has 2 atom stereocenters. The Morgan fingerprint density at radius 1 is 1.56 bits per heavy atom. The van der Waals surface area contributed by atoms with Gasteiger partial charge in [-0.2, -0.15) is 0 Å². The largest absolute Gasteiger partial charge is 0.496 e. The Bertz CT molecular complexity index is 364. The molecule has 1 aromatic carbocycles. The minimum Gasteiger partial charge on any atom is -0.496 e. The first-order valence-corrected chi connectivity index (χ1v) is 5.39. The van der Waals surface area contributed by atoms with Crippen LogP contribution in [-0.2, 0) is 4.74 Å². The van der Waals surface area contributed by atoms with Crippen LogP contribution in [0.25, 0.3) is 0 Å². The van der Waals surface area contributed by atoms with Crippen LogP contribution >= 0.6 is 0 Å². The van der Waals surface area contributed by atoms with Crippen molar-refractivity contribution in [1.29, 1.82) is 0 Å². The molecule has 88 valence electrons. The van der Waals surface area contributed by atoms with Gasteiger partial charge in [0.05, 0.1) is 13.7 Å². The molecule has 2 rings (SSSR count). The Labute approximate surface area is 94.3 Å². The maximum Gasteiger partial charge on any atom is 0.131 e. The van der Waals surface area contributed by atoms with Crippen LogP contribution in [0.1, 0.15) is 18.0 Å². The van der Waals surface area contributed by atoms with Gasteiger partial charge >= 0.3 is 0 Å². The normalized spacial score (nSPS) is 22.1. The number of nitrogens with two attached hydrogens (primary N) is 1. The number of methoxy groups -OCH3 is 1. The molecule has 2 unspecified atom stereocenters. The average Bonchev–Trinajstić information content (AvgIpc) is 2.81. The van der Waals surface area contributed by atoms with Crippen LogP contribution in [0.4, 0.5) is 4.39 Å². The molecule has 0 aliphatic carbocycles. The van der Waals surface area contributed by atoms with Crippen molar-refractivity contribution in [3.8, 4) is 5.75 Å². The summed E-state index contributed by atoms with van der Waals surface area (Å²) in [4.78, 5) is 0. The highest BCUT2D eigenvalue weighted by atomic mass is 19.1. The van der Waals surface area contributed by atoms with Gasteiger partial charge in [-0.3, -0.25) is 0 Å². The molecular weight excluding hydrogens is 209 g/mol. The van der Waals surface area contributed by atoms with E-state index in [0.29, 0.717) is 24.5 Å². The van der Waals surface area contributed by atoms with Crippen LogP contribution in [0.3, 0.4) is 0 Å². The van der Waals surface area contributed by atoms with Gasteiger partial charge in [-0.15, -0.1) is 0 Å². The van der Waals surface area contributed by atoms with Gasteiger partial charge in [-0.25, -0.2) is 4.39 Å². The van der Waals surface area contributed by atoms with Crippen LogP contribution < -0.4 is 10.5 Å². The van der Waals surface area contributed by atoms with Crippen LogP contribution in [0.15, 0.2) is 18.2 Å². The Morgan fingerprint density at radius 3 is 3.00 bits per heavy atom. The van der Waals surface area contributed by atoms with Crippen molar-refractivity contribution in [3.63, 3.8) is 0 Å². The fourth-order valence-electron chi connectivity index (χ4n) is 2.09. The van der Waals surface area contributed by atoms with Gasteiger partial charge in [0.1, 0.15) is 11.6 Å².